The fourth-order valence-corrected chi connectivity index (χ4v) is 3.13. The zero-order valence-corrected chi connectivity index (χ0v) is 16.0. The van der Waals surface area contributed by atoms with Crippen LogP contribution in [-0.4, -0.2) is 49.6 Å². The van der Waals surface area contributed by atoms with Gasteiger partial charge in [-0.05, 0) is 49.2 Å². The van der Waals surface area contributed by atoms with E-state index >= 15 is 0 Å². The maximum Gasteiger partial charge on any atom is 0.260 e. The molecule has 3 rings (SSSR count). The molecule has 1 aliphatic heterocycles. The number of hydrogen-bond donors (Lipinski definition) is 1. The van der Waals surface area contributed by atoms with Crippen molar-refractivity contribution in [2.45, 2.75) is 13.8 Å². The van der Waals surface area contributed by atoms with Gasteiger partial charge in [-0.3, -0.25) is 9.59 Å². The van der Waals surface area contributed by atoms with E-state index in [2.05, 4.69) is 5.32 Å². The molecule has 0 atom stereocenters. The van der Waals surface area contributed by atoms with Crippen LogP contribution < -0.4 is 10.1 Å². The van der Waals surface area contributed by atoms with E-state index in [-0.39, 0.29) is 18.1 Å². The highest BCUT2D eigenvalue weighted by molar-refractivity contribution is 6.04. The van der Waals surface area contributed by atoms with Crippen molar-refractivity contribution in [3.63, 3.8) is 0 Å². The highest BCUT2D eigenvalue weighted by atomic mass is 19.1. The molecule has 0 bridgehead atoms. The minimum absolute atomic E-state index is 0.0192. The normalized spacial score (nSPS) is 13.9. The summed E-state index contributed by atoms with van der Waals surface area (Å²) < 4.78 is 24.8. The maximum absolute atomic E-state index is 13.8. The molecule has 1 saturated heterocycles. The summed E-state index contributed by atoms with van der Waals surface area (Å²) in [5.74, 6) is -0.576. The van der Waals surface area contributed by atoms with E-state index in [0.717, 1.165) is 11.1 Å². The van der Waals surface area contributed by atoms with Crippen molar-refractivity contribution >= 4 is 17.5 Å². The molecular formula is C21H23FN2O4. The summed E-state index contributed by atoms with van der Waals surface area (Å²) in [6.07, 6.45) is 0. The molecule has 2 aromatic rings. The number of carbonyl (C=O) groups is 2. The number of anilines is 1. The molecule has 28 heavy (non-hydrogen) atoms. The topological polar surface area (TPSA) is 67.9 Å². The van der Waals surface area contributed by atoms with Crippen LogP contribution in [0.4, 0.5) is 10.1 Å². The summed E-state index contributed by atoms with van der Waals surface area (Å²) in [6, 6.07) is 9.29. The number of nitrogens with zero attached hydrogens (tertiary/aromatic N) is 1. The molecule has 148 valence electrons. The highest BCUT2D eigenvalue weighted by Crippen LogP contribution is 2.27. The van der Waals surface area contributed by atoms with Crippen LogP contribution in [0.2, 0.25) is 0 Å². The van der Waals surface area contributed by atoms with Gasteiger partial charge in [0.1, 0.15) is 11.6 Å². The predicted octanol–water partition coefficient (Wildman–Crippen LogP) is 2.93. The predicted molar refractivity (Wildman–Crippen MR) is 103 cm³/mol. The number of amides is 2. The Kier molecular flexibility index (Phi) is 6.26. The van der Waals surface area contributed by atoms with Gasteiger partial charge in [-0.2, -0.15) is 0 Å². The second-order valence-electron chi connectivity index (χ2n) is 6.65. The van der Waals surface area contributed by atoms with Gasteiger partial charge >= 0.3 is 0 Å². The first kappa shape index (κ1) is 19.8. The first-order valence-corrected chi connectivity index (χ1v) is 9.11. The minimum Gasteiger partial charge on any atom is -0.483 e. The SMILES string of the molecule is Cc1cc(NC(=O)c2ccccc2F)cc(C)c1OCC(=O)N1CCOCC1. The third-order valence-corrected chi connectivity index (χ3v) is 4.54. The van der Waals surface area contributed by atoms with Crippen LogP contribution in [0.1, 0.15) is 21.5 Å². The summed E-state index contributed by atoms with van der Waals surface area (Å²) in [5.41, 5.74) is 2.07. The summed E-state index contributed by atoms with van der Waals surface area (Å²) in [5, 5.41) is 2.70. The molecule has 1 N–H and O–H groups in total. The van der Waals surface area contributed by atoms with Crippen molar-refractivity contribution < 1.29 is 23.5 Å². The number of nitrogens with one attached hydrogen (secondary N) is 1. The van der Waals surface area contributed by atoms with Gasteiger partial charge in [0.15, 0.2) is 6.61 Å². The molecule has 0 aliphatic carbocycles. The molecule has 0 aromatic heterocycles. The van der Waals surface area contributed by atoms with Crippen LogP contribution in [0.15, 0.2) is 36.4 Å². The van der Waals surface area contributed by atoms with Crippen LogP contribution in [0, 0.1) is 19.7 Å². The largest absolute Gasteiger partial charge is 0.483 e. The van der Waals surface area contributed by atoms with Crippen molar-refractivity contribution in [3.8, 4) is 5.75 Å². The third-order valence-electron chi connectivity index (χ3n) is 4.54. The van der Waals surface area contributed by atoms with Crippen molar-refractivity contribution in [1.29, 1.82) is 0 Å². The number of carbonyl (C=O) groups excluding carboxylic acids is 2. The van der Waals surface area contributed by atoms with Crippen molar-refractivity contribution in [2.75, 3.05) is 38.2 Å². The van der Waals surface area contributed by atoms with E-state index in [1.807, 2.05) is 13.8 Å². The lowest BCUT2D eigenvalue weighted by atomic mass is 10.1. The van der Waals surface area contributed by atoms with Gasteiger partial charge in [0, 0.05) is 18.8 Å². The van der Waals surface area contributed by atoms with E-state index < -0.39 is 11.7 Å². The lowest BCUT2D eigenvalue weighted by molar-refractivity contribution is -0.137. The number of rotatable bonds is 5. The second kappa shape index (κ2) is 8.84. The lowest BCUT2D eigenvalue weighted by Gasteiger charge is -2.27. The molecule has 7 heteroatoms. The van der Waals surface area contributed by atoms with Gasteiger partial charge in [0.2, 0.25) is 0 Å². The molecule has 0 unspecified atom stereocenters. The summed E-state index contributed by atoms with van der Waals surface area (Å²) in [6.45, 7) is 5.84. The minimum atomic E-state index is -0.574. The first-order chi connectivity index (χ1) is 13.5. The quantitative estimate of drug-likeness (QED) is 0.858. The molecule has 1 fully saturated rings. The summed E-state index contributed by atoms with van der Waals surface area (Å²) in [4.78, 5) is 26.3. The van der Waals surface area contributed by atoms with Crippen LogP contribution in [0.25, 0.3) is 0 Å². The number of hydrogen-bond acceptors (Lipinski definition) is 4. The van der Waals surface area contributed by atoms with Gasteiger partial charge in [-0.15, -0.1) is 0 Å². The number of halogens is 1. The standard InChI is InChI=1S/C21H23FN2O4/c1-14-11-16(23-21(26)17-5-3-4-6-18(17)22)12-15(2)20(14)28-13-19(25)24-7-9-27-10-8-24/h3-6,11-12H,7-10,13H2,1-2H3,(H,23,26). The van der Waals surface area contributed by atoms with Gasteiger partial charge in [0.25, 0.3) is 11.8 Å². The molecule has 0 saturated carbocycles. The molecule has 1 heterocycles. The van der Waals surface area contributed by atoms with Gasteiger partial charge in [-0.25, -0.2) is 4.39 Å². The van der Waals surface area contributed by atoms with Gasteiger partial charge < -0.3 is 19.7 Å². The fraction of sp³-hybridized carbons (Fsp3) is 0.333. The maximum atomic E-state index is 13.8. The Morgan fingerprint density at radius 1 is 1.14 bits per heavy atom. The van der Waals surface area contributed by atoms with E-state index in [9.17, 15) is 14.0 Å². The molecule has 0 radical (unpaired) electrons. The van der Waals surface area contributed by atoms with Gasteiger partial charge in [-0.1, -0.05) is 12.1 Å². The Balaban J connectivity index is 1.66. The fourth-order valence-electron chi connectivity index (χ4n) is 3.13. The lowest BCUT2D eigenvalue weighted by Crippen LogP contribution is -2.43. The van der Waals surface area contributed by atoms with Crippen LogP contribution >= 0.6 is 0 Å². The van der Waals surface area contributed by atoms with Gasteiger partial charge in [0.05, 0.1) is 18.8 Å². The highest BCUT2D eigenvalue weighted by Gasteiger charge is 2.18. The molecule has 2 amide bonds. The number of morpholine rings is 1. The summed E-state index contributed by atoms with van der Waals surface area (Å²) in [7, 11) is 0. The average Bonchev–Trinajstić information content (AvgIpc) is 2.68. The zero-order chi connectivity index (χ0) is 20.1. The molecular weight excluding hydrogens is 363 g/mol. The number of benzene rings is 2. The Labute approximate surface area is 163 Å². The number of aryl methyl sites for hydroxylation is 2. The number of ether oxygens (including phenoxy) is 2. The van der Waals surface area contributed by atoms with Crippen molar-refractivity contribution in [2.24, 2.45) is 0 Å². The smallest absolute Gasteiger partial charge is 0.260 e. The second-order valence-corrected chi connectivity index (χ2v) is 6.65. The monoisotopic (exact) mass is 386 g/mol. The zero-order valence-electron chi connectivity index (χ0n) is 16.0. The molecule has 1 aliphatic rings. The first-order valence-electron chi connectivity index (χ1n) is 9.11. The van der Waals surface area contributed by atoms with Crippen molar-refractivity contribution in [3.05, 3.63) is 58.9 Å². The Morgan fingerprint density at radius 3 is 2.43 bits per heavy atom. The van der Waals surface area contributed by atoms with E-state index in [0.29, 0.717) is 37.7 Å². The van der Waals surface area contributed by atoms with E-state index in [1.165, 1.54) is 18.2 Å². The van der Waals surface area contributed by atoms with Crippen LogP contribution in [0.3, 0.4) is 0 Å². The molecule has 0 spiro atoms. The Morgan fingerprint density at radius 2 is 1.79 bits per heavy atom. The van der Waals surface area contributed by atoms with Crippen molar-refractivity contribution in [1.82, 2.24) is 4.90 Å². The molecule has 6 nitrogen and oxygen atoms in total. The van der Waals surface area contributed by atoms with E-state index in [1.54, 1.807) is 23.1 Å². The summed E-state index contributed by atoms with van der Waals surface area (Å²) >= 11 is 0. The third kappa shape index (κ3) is 4.67. The van der Waals surface area contributed by atoms with Crippen LogP contribution in [0.5, 0.6) is 5.75 Å². The molecule has 2 aromatic carbocycles. The van der Waals surface area contributed by atoms with Crippen LogP contribution in [-0.2, 0) is 9.53 Å². The van der Waals surface area contributed by atoms with E-state index in [4.69, 9.17) is 9.47 Å². The average molecular weight is 386 g/mol. The Hall–Kier alpha value is -2.93. The Bertz CT molecular complexity index is 855.